The van der Waals surface area contributed by atoms with E-state index >= 15 is 0 Å². The number of aliphatic hydroxyl groups is 1. The molecule has 4 nitrogen and oxygen atoms in total. The highest BCUT2D eigenvalue weighted by molar-refractivity contribution is 7.89. The Balaban J connectivity index is 3.16. The summed E-state index contributed by atoms with van der Waals surface area (Å²) >= 11 is 5.74. The summed E-state index contributed by atoms with van der Waals surface area (Å²) in [6.45, 7) is 8.39. The van der Waals surface area contributed by atoms with Crippen molar-refractivity contribution in [3.63, 3.8) is 0 Å². The van der Waals surface area contributed by atoms with Gasteiger partial charge in [0.2, 0.25) is 10.0 Å². The van der Waals surface area contributed by atoms with Crippen molar-refractivity contribution < 1.29 is 13.5 Å². The van der Waals surface area contributed by atoms with Gasteiger partial charge in [-0.1, -0.05) is 35.9 Å². The van der Waals surface area contributed by atoms with Gasteiger partial charge in [0, 0.05) is 18.1 Å². The molecule has 0 aliphatic rings. The lowest BCUT2D eigenvalue weighted by Gasteiger charge is -2.28. The van der Waals surface area contributed by atoms with Gasteiger partial charge in [-0.3, -0.25) is 0 Å². The van der Waals surface area contributed by atoms with Gasteiger partial charge in [0.1, 0.15) is 0 Å². The minimum atomic E-state index is -3.72. The maximum absolute atomic E-state index is 12.6. The van der Waals surface area contributed by atoms with Crippen LogP contribution < -0.4 is 0 Å². The smallest absolute Gasteiger partial charge is 0.243 e. The maximum atomic E-state index is 12.6. The van der Waals surface area contributed by atoms with Gasteiger partial charge in [-0.25, -0.2) is 8.42 Å². The van der Waals surface area contributed by atoms with E-state index < -0.39 is 15.6 Å². The zero-order valence-corrected chi connectivity index (χ0v) is 13.5. The monoisotopic (exact) mass is 317 g/mol. The highest BCUT2D eigenvalue weighted by Crippen LogP contribution is 2.20. The number of hydrogen-bond acceptors (Lipinski definition) is 3. The molecule has 0 fully saturated rings. The molecule has 1 rings (SSSR count). The zero-order valence-electron chi connectivity index (χ0n) is 11.9. The first-order chi connectivity index (χ1) is 9.02. The summed E-state index contributed by atoms with van der Waals surface area (Å²) in [7, 11) is -3.72. The van der Waals surface area contributed by atoms with Crippen molar-refractivity contribution in [2.45, 2.75) is 31.3 Å². The van der Waals surface area contributed by atoms with E-state index in [0.29, 0.717) is 0 Å². The van der Waals surface area contributed by atoms with Gasteiger partial charge in [-0.15, -0.1) is 0 Å². The Kier molecular flexibility index (Phi) is 5.38. The lowest BCUT2D eigenvalue weighted by molar-refractivity contribution is 0.0611. The van der Waals surface area contributed by atoms with Crippen molar-refractivity contribution >= 4 is 21.6 Å². The first-order valence-electron chi connectivity index (χ1n) is 6.15. The number of hydrogen-bond donors (Lipinski definition) is 1. The summed E-state index contributed by atoms with van der Waals surface area (Å²) < 4.78 is 26.3. The standard InChI is InChI=1S/C14H20ClNO3S/c1-11-5-7-13(8-6-11)20(18,19)16(9-12(2)15)10-14(3,4)17/h5-8,17H,2,9-10H2,1,3-4H3. The second kappa shape index (κ2) is 6.26. The number of aryl methyl sites for hydroxylation is 1. The van der Waals surface area contributed by atoms with Crippen LogP contribution in [0.3, 0.4) is 0 Å². The van der Waals surface area contributed by atoms with Crippen LogP contribution in [-0.4, -0.2) is 36.5 Å². The molecule has 0 aromatic heterocycles. The first-order valence-corrected chi connectivity index (χ1v) is 7.97. The summed E-state index contributed by atoms with van der Waals surface area (Å²) in [5.74, 6) is 0. The van der Waals surface area contributed by atoms with E-state index in [1.54, 1.807) is 38.1 Å². The highest BCUT2D eigenvalue weighted by Gasteiger charge is 2.29. The Hall–Kier alpha value is -0.880. The van der Waals surface area contributed by atoms with Crippen LogP contribution in [0.15, 0.2) is 40.8 Å². The fourth-order valence-electron chi connectivity index (χ4n) is 1.71. The molecule has 0 aliphatic carbocycles. The first kappa shape index (κ1) is 17.2. The molecule has 112 valence electrons. The van der Waals surface area contributed by atoms with E-state index in [9.17, 15) is 13.5 Å². The fraction of sp³-hybridized carbons (Fsp3) is 0.429. The van der Waals surface area contributed by atoms with Crippen LogP contribution in [0.2, 0.25) is 0 Å². The third kappa shape index (κ3) is 4.90. The van der Waals surface area contributed by atoms with Crippen LogP contribution >= 0.6 is 11.6 Å². The summed E-state index contributed by atoms with van der Waals surface area (Å²) in [5.41, 5.74) is -0.191. The minimum Gasteiger partial charge on any atom is -0.389 e. The van der Waals surface area contributed by atoms with Crippen molar-refractivity contribution in [2.24, 2.45) is 0 Å². The van der Waals surface area contributed by atoms with Gasteiger partial charge in [0.15, 0.2) is 0 Å². The second-order valence-electron chi connectivity index (χ2n) is 5.42. The van der Waals surface area contributed by atoms with Crippen LogP contribution in [0.25, 0.3) is 0 Å². The molecule has 0 aliphatic heterocycles. The zero-order chi connectivity index (χ0) is 15.6. The third-order valence-electron chi connectivity index (χ3n) is 2.57. The van der Waals surface area contributed by atoms with Crippen LogP contribution in [0, 0.1) is 6.92 Å². The lowest BCUT2D eigenvalue weighted by Crippen LogP contribution is -2.42. The molecule has 1 N–H and O–H groups in total. The number of sulfonamides is 1. The molecule has 0 amide bonds. The molecule has 0 saturated heterocycles. The molecule has 0 radical (unpaired) electrons. The number of rotatable bonds is 6. The van der Waals surface area contributed by atoms with Crippen LogP contribution in [0.5, 0.6) is 0 Å². The average molecular weight is 318 g/mol. The largest absolute Gasteiger partial charge is 0.389 e. The van der Waals surface area contributed by atoms with Crippen LogP contribution in [-0.2, 0) is 10.0 Å². The van der Waals surface area contributed by atoms with Crippen LogP contribution in [0.1, 0.15) is 19.4 Å². The Morgan fingerprint density at radius 1 is 1.35 bits per heavy atom. The van der Waals surface area contributed by atoms with Crippen molar-refractivity contribution in [1.29, 1.82) is 0 Å². The Morgan fingerprint density at radius 2 is 1.85 bits per heavy atom. The fourth-order valence-corrected chi connectivity index (χ4v) is 3.51. The van der Waals surface area contributed by atoms with E-state index in [1.165, 1.54) is 0 Å². The molecule has 0 heterocycles. The van der Waals surface area contributed by atoms with Gasteiger partial charge in [0.25, 0.3) is 0 Å². The minimum absolute atomic E-state index is 0.0399. The number of halogens is 1. The van der Waals surface area contributed by atoms with E-state index in [0.717, 1.165) is 9.87 Å². The maximum Gasteiger partial charge on any atom is 0.243 e. The number of nitrogens with zero attached hydrogens (tertiary/aromatic N) is 1. The second-order valence-corrected chi connectivity index (χ2v) is 7.89. The quantitative estimate of drug-likeness (QED) is 0.877. The molecule has 0 spiro atoms. The Bertz CT molecular complexity index is 573. The van der Waals surface area contributed by atoms with E-state index in [2.05, 4.69) is 6.58 Å². The van der Waals surface area contributed by atoms with Crippen molar-refractivity contribution in [3.05, 3.63) is 41.4 Å². The van der Waals surface area contributed by atoms with Crippen molar-refractivity contribution in [2.75, 3.05) is 13.1 Å². The number of benzene rings is 1. The summed E-state index contributed by atoms with van der Waals surface area (Å²) in [4.78, 5) is 0.172. The third-order valence-corrected chi connectivity index (χ3v) is 4.50. The lowest BCUT2D eigenvalue weighted by atomic mass is 10.1. The molecule has 0 bridgehead atoms. The van der Waals surface area contributed by atoms with Gasteiger partial charge >= 0.3 is 0 Å². The highest BCUT2D eigenvalue weighted by atomic mass is 35.5. The van der Waals surface area contributed by atoms with Gasteiger partial charge in [-0.05, 0) is 32.9 Å². The van der Waals surface area contributed by atoms with Gasteiger partial charge in [0.05, 0.1) is 10.5 Å². The summed E-state index contributed by atoms with van der Waals surface area (Å²) in [6, 6.07) is 6.54. The topological polar surface area (TPSA) is 57.6 Å². The average Bonchev–Trinajstić information content (AvgIpc) is 2.26. The molecule has 20 heavy (non-hydrogen) atoms. The van der Waals surface area contributed by atoms with E-state index in [-0.39, 0.29) is 23.0 Å². The van der Waals surface area contributed by atoms with Crippen molar-refractivity contribution in [3.8, 4) is 0 Å². The predicted molar refractivity (Wildman–Crippen MR) is 81.2 cm³/mol. The molecule has 0 atom stereocenters. The summed E-state index contributed by atoms with van der Waals surface area (Å²) in [5, 5.41) is 10.1. The summed E-state index contributed by atoms with van der Waals surface area (Å²) in [6.07, 6.45) is 0. The SMILES string of the molecule is C=C(Cl)CN(CC(C)(C)O)S(=O)(=O)c1ccc(C)cc1. The molecule has 0 unspecified atom stereocenters. The Labute approximate surface area is 125 Å². The van der Waals surface area contributed by atoms with E-state index in [1.807, 2.05) is 6.92 Å². The van der Waals surface area contributed by atoms with Crippen molar-refractivity contribution in [1.82, 2.24) is 4.31 Å². The Morgan fingerprint density at radius 3 is 2.25 bits per heavy atom. The normalized spacial score (nSPS) is 12.7. The molecule has 6 heteroatoms. The molecule has 0 saturated carbocycles. The molecule has 1 aromatic rings. The molecular formula is C14H20ClNO3S. The van der Waals surface area contributed by atoms with E-state index in [4.69, 9.17) is 11.6 Å². The van der Waals surface area contributed by atoms with Gasteiger partial charge < -0.3 is 5.11 Å². The molecular weight excluding hydrogens is 298 g/mol. The predicted octanol–water partition coefficient (Wildman–Crippen LogP) is 2.51. The molecule has 1 aromatic carbocycles. The van der Waals surface area contributed by atoms with Gasteiger partial charge in [-0.2, -0.15) is 4.31 Å². The van der Waals surface area contributed by atoms with Crippen LogP contribution in [0.4, 0.5) is 0 Å².